The van der Waals surface area contributed by atoms with E-state index in [9.17, 15) is 4.39 Å². The first-order valence-corrected chi connectivity index (χ1v) is 6.04. The average molecular weight is 247 g/mol. The molecule has 0 heterocycles. The molecule has 0 aromatic heterocycles. The summed E-state index contributed by atoms with van der Waals surface area (Å²) < 4.78 is 13.0. The monoisotopic (exact) mass is 246 g/mol. The van der Waals surface area contributed by atoms with Gasteiger partial charge in [0.2, 0.25) is 0 Å². The Kier molecular flexibility index (Phi) is 3.53. The van der Waals surface area contributed by atoms with Crippen molar-refractivity contribution in [1.82, 2.24) is 0 Å². The molecule has 1 fully saturated rings. The van der Waals surface area contributed by atoms with E-state index >= 15 is 0 Å². The van der Waals surface area contributed by atoms with Crippen molar-refractivity contribution < 1.29 is 4.39 Å². The maximum Gasteiger partial charge on any atom is 0.123 e. The summed E-state index contributed by atoms with van der Waals surface area (Å²) in [5, 5.41) is 0.955. The van der Waals surface area contributed by atoms with Gasteiger partial charge in [-0.15, -0.1) is 11.6 Å². The first kappa shape index (κ1) is 11.2. The van der Waals surface area contributed by atoms with Crippen molar-refractivity contribution in [2.75, 3.05) is 0 Å². The van der Waals surface area contributed by atoms with Gasteiger partial charge in [-0.3, -0.25) is 0 Å². The van der Waals surface area contributed by atoms with E-state index in [0.717, 1.165) is 31.2 Å². The Labute approximate surface area is 99.4 Å². The van der Waals surface area contributed by atoms with Gasteiger partial charge in [-0.2, -0.15) is 0 Å². The van der Waals surface area contributed by atoms with Crippen LogP contribution in [0.25, 0.3) is 0 Å². The lowest BCUT2D eigenvalue weighted by Crippen LogP contribution is -2.01. The SMILES string of the molecule is Fc1ccc(Cl)c(CC2CCC(Cl)C2)c1. The Morgan fingerprint density at radius 1 is 1.33 bits per heavy atom. The Bertz CT molecular complexity index is 351. The predicted molar refractivity (Wildman–Crippen MR) is 62.1 cm³/mol. The van der Waals surface area contributed by atoms with Crippen LogP contribution in [0.4, 0.5) is 4.39 Å². The molecule has 0 radical (unpaired) electrons. The lowest BCUT2D eigenvalue weighted by Gasteiger charge is -2.10. The minimum absolute atomic E-state index is 0.213. The molecule has 3 heteroatoms. The van der Waals surface area contributed by atoms with Crippen molar-refractivity contribution in [3.63, 3.8) is 0 Å². The summed E-state index contributed by atoms with van der Waals surface area (Å²) in [5.41, 5.74) is 0.910. The Balaban J connectivity index is 2.07. The minimum Gasteiger partial charge on any atom is -0.207 e. The second-order valence-electron chi connectivity index (χ2n) is 4.22. The highest BCUT2D eigenvalue weighted by molar-refractivity contribution is 6.31. The smallest absolute Gasteiger partial charge is 0.123 e. The zero-order chi connectivity index (χ0) is 10.8. The number of rotatable bonds is 2. The molecule has 82 valence electrons. The number of hydrogen-bond donors (Lipinski definition) is 0. The summed E-state index contributed by atoms with van der Waals surface area (Å²) in [6, 6.07) is 4.55. The Hall–Kier alpha value is -0.270. The van der Waals surface area contributed by atoms with Crippen molar-refractivity contribution in [3.8, 4) is 0 Å². The molecule has 0 amide bonds. The summed E-state index contributed by atoms with van der Waals surface area (Å²) in [4.78, 5) is 0. The van der Waals surface area contributed by atoms with Crippen LogP contribution in [0.1, 0.15) is 24.8 Å². The summed E-state index contributed by atoms with van der Waals surface area (Å²) in [7, 11) is 0. The van der Waals surface area contributed by atoms with E-state index in [0.29, 0.717) is 16.3 Å². The molecule has 0 saturated heterocycles. The third-order valence-corrected chi connectivity index (χ3v) is 3.76. The van der Waals surface area contributed by atoms with Crippen molar-refractivity contribution >= 4 is 23.2 Å². The van der Waals surface area contributed by atoms with E-state index in [-0.39, 0.29) is 5.82 Å². The van der Waals surface area contributed by atoms with Crippen LogP contribution in [0.2, 0.25) is 5.02 Å². The molecule has 15 heavy (non-hydrogen) atoms. The first-order valence-electron chi connectivity index (χ1n) is 5.23. The summed E-state index contributed by atoms with van der Waals surface area (Å²) in [5.74, 6) is 0.349. The standard InChI is InChI=1S/C12H13Cl2F/c13-10-2-1-8(6-10)5-9-7-11(15)3-4-12(9)14/h3-4,7-8,10H,1-2,5-6H2. The Morgan fingerprint density at radius 2 is 2.13 bits per heavy atom. The first-order chi connectivity index (χ1) is 7.15. The number of halogens is 3. The molecule has 1 aromatic carbocycles. The van der Waals surface area contributed by atoms with Crippen LogP contribution in [-0.2, 0) is 6.42 Å². The highest BCUT2D eigenvalue weighted by atomic mass is 35.5. The zero-order valence-electron chi connectivity index (χ0n) is 8.35. The fourth-order valence-electron chi connectivity index (χ4n) is 2.21. The molecule has 1 aliphatic carbocycles. The second-order valence-corrected chi connectivity index (χ2v) is 5.24. The van der Waals surface area contributed by atoms with Crippen LogP contribution in [-0.4, -0.2) is 5.38 Å². The minimum atomic E-state index is -0.213. The molecule has 0 spiro atoms. The van der Waals surface area contributed by atoms with Gasteiger partial charge in [-0.25, -0.2) is 4.39 Å². The normalized spacial score (nSPS) is 25.8. The van der Waals surface area contributed by atoms with E-state index in [1.807, 2.05) is 0 Å². The maximum absolute atomic E-state index is 13.0. The van der Waals surface area contributed by atoms with Crippen molar-refractivity contribution in [2.24, 2.45) is 5.92 Å². The van der Waals surface area contributed by atoms with Crippen LogP contribution < -0.4 is 0 Å². The van der Waals surface area contributed by atoms with Crippen LogP contribution >= 0.6 is 23.2 Å². The molecule has 0 aliphatic heterocycles. The van der Waals surface area contributed by atoms with E-state index in [1.54, 1.807) is 6.07 Å². The van der Waals surface area contributed by atoms with Gasteiger partial charge >= 0.3 is 0 Å². The topological polar surface area (TPSA) is 0 Å². The van der Waals surface area contributed by atoms with Gasteiger partial charge in [0.15, 0.2) is 0 Å². The fourth-order valence-corrected chi connectivity index (χ4v) is 2.78. The molecule has 2 unspecified atom stereocenters. The van der Waals surface area contributed by atoms with E-state index < -0.39 is 0 Å². The van der Waals surface area contributed by atoms with Crippen molar-refractivity contribution in [1.29, 1.82) is 0 Å². The van der Waals surface area contributed by atoms with E-state index in [2.05, 4.69) is 0 Å². The summed E-state index contributed by atoms with van der Waals surface area (Å²) in [6.07, 6.45) is 4.06. The molecule has 2 atom stereocenters. The molecule has 0 nitrogen and oxygen atoms in total. The molecule has 0 bridgehead atoms. The average Bonchev–Trinajstić information content (AvgIpc) is 2.58. The van der Waals surface area contributed by atoms with Gasteiger partial charge in [-0.1, -0.05) is 11.6 Å². The zero-order valence-corrected chi connectivity index (χ0v) is 9.86. The lowest BCUT2D eigenvalue weighted by molar-refractivity contribution is 0.543. The van der Waals surface area contributed by atoms with Crippen LogP contribution in [0, 0.1) is 11.7 Å². The van der Waals surface area contributed by atoms with Gasteiger partial charge in [0.25, 0.3) is 0 Å². The van der Waals surface area contributed by atoms with Gasteiger partial charge in [0, 0.05) is 10.4 Å². The molecule has 2 rings (SSSR count). The number of hydrogen-bond acceptors (Lipinski definition) is 0. The molecule has 1 aliphatic rings. The molecule has 1 aromatic rings. The largest absolute Gasteiger partial charge is 0.207 e. The van der Waals surface area contributed by atoms with Gasteiger partial charge in [0.1, 0.15) is 5.82 Å². The number of alkyl halides is 1. The lowest BCUT2D eigenvalue weighted by atomic mass is 9.98. The van der Waals surface area contributed by atoms with E-state index in [1.165, 1.54) is 12.1 Å². The maximum atomic E-state index is 13.0. The Morgan fingerprint density at radius 3 is 2.80 bits per heavy atom. The third kappa shape index (κ3) is 2.85. The highest BCUT2D eigenvalue weighted by Gasteiger charge is 2.23. The third-order valence-electron chi connectivity index (χ3n) is 2.99. The summed E-state index contributed by atoms with van der Waals surface area (Å²) in [6.45, 7) is 0. The van der Waals surface area contributed by atoms with Gasteiger partial charge in [-0.05, 0) is 55.4 Å². The van der Waals surface area contributed by atoms with Crippen molar-refractivity contribution in [2.45, 2.75) is 31.1 Å². The van der Waals surface area contributed by atoms with E-state index in [4.69, 9.17) is 23.2 Å². The van der Waals surface area contributed by atoms with Crippen LogP contribution in [0.3, 0.4) is 0 Å². The molecule has 1 saturated carbocycles. The van der Waals surface area contributed by atoms with Crippen LogP contribution in [0.5, 0.6) is 0 Å². The molecular weight excluding hydrogens is 234 g/mol. The van der Waals surface area contributed by atoms with Crippen molar-refractivity contribution in [3.05, 3.63) is 34.6 Å². The fraction of sp³-hybridized carbons (Fsp3) is 0.500. The quantitative estimate of drug-likeness (QED) is 0.678. The van der Waals surface area contributed by atoms with Crippen LogP contribution in [0.15, 0.2) is 18.2 Å². The summed E-state index contributed by atoms with van der Waals surface area (Å²) >= 11 is 12.0. The number of benzene rings is 1. The highest BCUT2D eigenvalue weighted by Crippen LogP contribution is 2.33. The second kappa shape index (κ2) is 4.71. The van der Waals surface area contributed by atoms with Gasteiger partial charge in [0.05, 0.1) is 0 Å². The predicted octanol–water partition coefficient (Wildman–Crippen LogP) is 4.43. The molecular formula is C12H13Cl2F. The molecule has 0 N–H and O–H groups in total. The van der Waals surface area contributed by atoms with Gasteiger partial charge < -0.3 is 0 Å².